The summed E-state index contributed by atoms with van der Waals surface area (Å²) in [7, 11) is 1.64. The van der Waals surface area contributed by atoms with Crippen molar-refractivity contribution in [2.75, 3.05) is 7.11 Å². The van der Waals surface area contributed by atoms with Crippen molar-refractivity contribution < 1.29 is 9.84 Å². The zero-order valence-corrected chi connectivity index (χ0v) is 9.32. The van der Waals surface area contributed by atoms with Crippen LogP contribution in [0.5, 0.6) is 5.75 Å². The summed E-state index contributed by atoms with van der Waals surface area (Å²) in [5.74, 6) is 0.819. The van der Waals surface area contributed by atoms with Gasteiger partial charge in [0.25, 0.3) is 0 Å². The topological polar surface area (TPSA) is 58.1 Å². The zero-order valence-electron chi connectivity index (χ0n) is 9.32. The van der Waals surface area contributed by atoms with E-state index in [1.807, 2.05) is 31.2 Å². The summed E-state index contributed by atoms with van der Waals surface area (Å²) in [5, 5.41) is 16.1. The molecule has 2 rings (SSSR count). The van der Waals surface area contributed by atoms with Gasteiger partial charge in [0.1, 0.15) is 5.75 Å². The highest BCUT2D eigenvalue weighted by atomic mass is 16.5. The predicted molar refractivity (Wildman–Crippen MR) is 61.2 cm³/mol. The number of ether oxygens (including phenoxy) is 1. The first-order valence-corrected chi connectivity index (χ1v) is 5.05. The summed E-state index contributed by atoms with van der Waals surface area (Å²) >= 11 is 0. The van der Waals surface area contributed by atoms with E-state index in [4.69, 9.17) is 9.84 Å². The first kappa shape index (κ1) is 10.7. The molecule has 0 fully saturated rings. The summed E-state index contributed by atoms with van der Waals surface area (Å²) in [6.07, 6.45) is 0. The van der Waals surface area contributed by atoms with Crippen LogP contribution in [-0.2, 0) is 6.61 Å². The number of nitrogens with one attached hydrogen (secondary N) is 1. The van der Waals surface area contributed by atoms with Crippen LogP contribution in [0.1, 0.15) is 11.3 Å². The van der Waals surface area contributed by atoms with Crippen molar-refractivity contribution >= 4 is 0 Å². The van der Waals surface area contributed by atoms with Gasteiger partial charge in [-0.3, -0.25) is 5.10 Å². The van der Waals surface area contributed by atoms with Gasteiger partial charge in [0.2, 0.25) is 0 Å². The van der Waals surface area contributed by atoms with Gasteiger partial charge in [-0.25, -0.2) is 0 Å². The van der Waals surface area contributed by atoms with E-state index in [9.17, 15) is 0 Å². The zero-order chi connectivity index (χ0) is 11.5. The maximum absolute atomic E-state index is 9.07. The van der Waals surface area contributed by atoms with Gasteiger partial charge in [-0.2, -0.15) is 5.10 Å². The molecular formula is C12H14N2O2. The van der Waals surface area contributed by atoms with Gasteiger partial charge in [-0.15, -0.1) is 0 Å². The minimum absolute atomic E-state index is 0.0189. The van der Waals surface area contributed by atoms with E-state index >= 15 is 0 Å². The second kappa shape index (κ2) is 4.37. The standard InChI is InChI=1S/C12H14N2O2/c1-8-11(7-15)13-14-12(8)9-3-5-10(16-2)6-4-9/h3-6,15H,7H2,1-2H3,(H,13,14). The highest BCUT2D eigenvalue weighted by Crippen LogP contribution is 2.24. The molecule has 0 aliphatic rings. The molecule has 2 N–H and O–H groups in total. The fourth-order valence-corrected chi connectivity index (χ4v) is 1.62. The fourth-order valence-electron chi connectivity index (χ4n) is 1.62. The molecule has 1 aromatic carbocycles. The Morgan fingerprint density at radius 1 is 1.31 bits per heavy atom. The van der Waals surface area contributed by atoms with E-state index in [0.717, 1.165) is 28.3 Å². The average Bonchev–Trinajstić information content (AvgIpc) is 2.70. The summed E-state index contributed by atoms with van der Waals surface area (Å²) in [4.78, 5) is 0. The Bertz CT molecular complexity index is 474. The Labute approximate surface area is 93.9 Å². The number of aliphatic hydroxyl groups is 1. The van der Waals surface area contributed by atoms with E-state index < -0.39 is 0 Å². The normalized spacial score (nSPS) is 10.4. The van der Waals surface area contributed by atoms with Crippen molar-refractivity contribution in [3.8, 4) is 17.0 Å². The Kier molecular flexibility index (Phi) is 2.92. The van der Waals surface area contributed by atoms with Crippen LogP contribution in [0.15, 0.2) is 24.3 Å². The molecule has 0 atom stereocenters. The molecule has 0 amide bonds. The lowest BCUT2D eigenvalue weighted by atomic mass is 10.1. The summed E-state index contributed by atoms with van der Waals surface area (Å²) in [6, 6.07) is 7.68. The average molecular weight is 218 g/mol. The highest BCUT2D eigenvalue weighted by molar-refractivity contribution is 5.64. The first-order chi connectivity index (χ1) is 7.76. The molecule has 0 radical (unpaired) electrons. The first-order valence-electron chi connectivity index (χ1n) is 5.05. The number of H-pyrrole nitrogens is 1. The van der Waals surface area contributed by atoms with Crippen molar-refractivity contribution in [2.24, 2.45) is 0 Å². The number of nitrogens with zero attached hydrogens (tertiary/aromatic N) is 1. The smallest absolute Gasteiger partial charge is 0.118 e. The van der Waals surface area contributed by atoms with Crippen molar-refractivity contribution in [3.63, 3.8) is 0 Å². The Hall–Kier alpha value is -1.81. The summed E-state index contributed by atoms with van der Waals surface area (Å²) in [6.45, 7) is 1.92. The monoisotopic (exact) mass is 218 g/mol. The largest absolute Gasteiger partial charge is 0.497 e. The van der Waals surface area contributed by atoms with Crippen LogP contribution in [-0.4, -0.2) is 22.4 Å². The van der Waals surface area contributed by atoms with Crippen molar-refractivity contribution in [3.05, 3.63) is 35.5 Å². The van der Waals surface area contributed by atoms with E-state index in [-0.39, 0.29) is 6.61 Å². The molecule has 84 valence electrons. The Morgan fingerprint density at radius 3 is 2.50 bits per heavy atom. The van der Waals surface area contributed by atoms with Crippen LogP contribution >= 0.6 is 0 Å². The lowest BCUT2D eigenvalue weighted by molar-refractivity contribution is 0.276. The number of aromatic nitrogens is 2. The maximum Gasteiger partial charge on any atom is 0.118 e. The van der Waals surface area contributed by atoms with E-state index in [0.29, 0.717) is 0 Å². The molecule has 4 nitrogen and oxygen atoms in total. The van der Waals surface area contributed by atoms with Crippen LogP contribution in [0.25, 0.3) is 11.3 Å². The highest BCUT2D eigenvalue weighted by Gasteiger charge is 2.09. The number of hydrogen-bond donors (Lipinski definition) is 2. The molecule has 16 heavy (non-hydrogen) atoms. The number of hydrogen-bond acceptors (Lipinski definition) is 3. The number of methoxy groups -OCH3 is 1. The quantitative estimate of drug-likeness (QED) is 0.827. The molecule has 0 saturated carbocycles. The molecule has 1 aromatic heterocycles. The third-order valence-electron chi connectivity index (χ3n) is 2.63. The minimum atomic E-state index is -0.0189. The maximum atomic E-state index is 9.07. The van der Waals surface area contributed by atoms with Gasteiger partial charge in [-0.1, -0.05) is 0 Å². The predicted octanol–water partition coefficient (Wildman–Crippen LogP) is 1.89. The second-order valence-electron chi connectivity index (χ2n) is 3.56. The van der Waals surface area contributed by atoms with E-state index in [2.05, 4.69) is 10.2 Å². The SMILES string of the molecule is COc1ccc(-c2n[nH]c(CO)c2C)cc1. The fraction of sp³-hybridized carbons (Fsp3) is 0.250. The van der Waals surface area contributed by atoms with Crippen LogP contribution in [0.3, 0.4) is 0 Å². The number of aromatic amines is 1. The third kappa shape index (κ3) is 1.79. The molecule has 4 heteroatoms. The Balaban J connectivity index is 2.38. The van der Waals surface area contributed by atoms with Gasteiger partial charge in [0.05, 0.1) is 25.1 Å². The lowest BCUT2D eigenvalue weighted by Crippen LogP contribution is -1.86. The molecule has 2 aromatic rings. The van der Waals surface area contributed by atoms with Gasteiger partial charge < -0.3 is 9.84 Å². The Morgan fingerprint density at radius 2 is 2.00 bits per heavy atom. The van der Waals surface area contributed by atoms with Crippen LogP contribution in [0, 0.1) is 6.92 Å². The molecule has 0 aliphatic heterocycles. The molecule has 0 saturated heterocycles. The second-order valence-corrected chi connectivity index (χ2v) is 3.56. The van der Waals surface area contributed by atoms with Crippen LogP contribution < -0.4 is 4.74 Å². The van der Waals surface area contributed by atoms with Gasteiger partial charge in [-0.05, 0) is 31.2 Å². The molecule has 1 heterocycles. The van der Waals surface area contributed by atoms with Gasteiger partial charge in [0.15, 0.2) is 0 Å². The number of rotatable bonds is 3. The summed E-state index contributed by atoms with van der Waals surface area (Å²) < 4.78 is 5.09. The van der Waals surface area contributed by atoms with Crippen LogP contribution in [0.4, 0.5) is 0 Å². The van der Waals surface area contributed by atoms with Gasteiger partial charge >= 0.3 is 0 Å². The number of aliphatic hydroxyl groups excluding tert-OH is 1. The van der Waals surface area contributed by atoms with Crippen LogP contribution in [0.2, 0.25) is 0 Å². The van der Waals surface area contributed by atoms with E-state index in [1.54, 1.807) is 7.11 Å². The third-order valence-corrected chi connectivity index (χ3v) is 2.63. The molecule has 0 unspecified atom stereocenters. The van der Waals surface area contributed by atoms with Crippen molar-refractivity contribution in [2.45, 2.75) is 13.5 Å². The molecular weight excluding hydrogens is 204 g/mol. The van der Waals surface area contributed by atoms with Gasteiger partial charge in [0, 0.05) is 11.1 Å². The van der Waals surface area contributed by atoms with E-state index in [1.165, 1.54) is 0 Å². The van der Waals surface area contributed by atoms with Crippen molar-refractivity contribution in [1.82, 2.24) is 10.2 Å². The van der Waals surface area contributed by atoms with Crippen molar-refractivity contribution in [1.29, 1.82) is 0 Å². The lowest BCUT2D eigenvalue weighted by Gasteiger charge is -2.02. The minimum Gasteiger partial charge on any atom is -0.497 e. The molecule has 0 spiro atoms. The molecule has 0 bridgehead atoms. The number of benzene rings is 1. The summed E-state index contributed by atoms with van der Waals surface area (Å²) in [5.41, 5.74) is 3.61. The molecule has 0 aliphatic carbocycles.